The van der Waals surface area contributed by atoms with Crippen molar-refractivity contribution in [3.05, 3.63) is 82.1 Å². The zero-order valence-electron chi connectivity index (χ0n) is 21.5. The molecular formula is C29H32Cl2N4O3. The largest absolute Gasteiger partial charge is 0.493 e. The first-order chi connectivity index (χ1) is 18.4. The highest BCUT2D eigenvalue weighted by molar-refractivity contribution is 6.32. The summed E-state index contributed by atoms with van der Waals surface area (Å²) >= 11 is 12.0. The maximum Gasteiger partial charge on any atom is 0.319 e. The molecule has 0 unspecified atom stereocenters. The van der Waals surface area contributed by atoms with Gasteiger partial charge in [0.2, 0.25) is 0 Å². The minimum atomic E-state index is -0.278. The van der Waals surface area contributed by atoms with Crippen LogP contribution in [0.2, 0.25) is 10.3 Å². The standard InChI is InChI=1S/C29H32Cl2N4O3/c1-37-23-9-8-20(14-24(23)38-2)29-11-10-21(32-28(36)33-22-16-26(30)34-27(31)17-22)15-25(29)35(13-12-29)18-19-6-4-3-5-7-19/h3-9,14,16-17,21,25H,10-13,15,18H2,1-2H3,(H2,32,33,34,36)/t21-,25-,29-/m0/s1. The molecule has 9 heteroatoms. The number of urea groups is 1. The van der Waals surface area contributed by atoms with E-state index >= 15 is 0 Å². The van der Waals surface area contributed by atoms with Crippen molar-refractivity contribution in [2.24, 2.45) is 0 Å². The summed E-state index contributed by atoms with van der Waals surface area (Å²) in [6, 6.07) is 20.0. The monoisotopic (exact) mass is 554 g/mol. The van der Waals surface area contributed by atoms with Crippen LogP contribution in [0.4, 0.5) is 10.5 Å². The van der Waals surface area contributed by atoms with Gasteiger partial charge >= 0.3 is 6.03 Å². The topological polar surface area (TPSA) is 75.7 Å². The van der Waals surface area contributed by atoms with E-state index in [0.29, 0.717) is 5.69 Å². The van der Waals surface area contributed by atoms with Gasteiger partial charge in [0, 0.05) is 29.7 Å². The molecule has 1 aromatic heterocycles. The predicted molar refractivity (Wildman–Crippen MR) is 151 cm³/mol. The molecule has 1 aliphatic heterocycles. The summed E-state index contributed by atoms with van der Waals surface area (Å²) in [5.74, 6) is 1.47. The van der Waals surface area contributed by atoms with E-state index in [-0.39, 0.29) is 33.8 Å². The van der Waals surface area contributed by atoms with E-state index in [2.05, 4.69) is 56.9 Å². The highest BCUT2D eigenvalue weighted by Gasteiger charge is 2.51. The van der Waals surface area contributed by atoms with Crippen molar-refractivity contribution in [1.82, 2.24) is 15.2 Å². The number of likely N-dealkylation sites (tertiary alicyclic amines) is 1. The average molecular weight is 556 g/mol. The van der Waals surface area contributed by atoms with E-state index in [1.807, 2.05) is 12.1 Å². The van der Waals surface area contributed by atoms with Crippen LogP contribution in [-0.4, -0.2) is 48.8 Å². The maximum absolute atomic E-state index is 12.9. The number of benzene rings is 2. The molecule has 2 amide bonds. The van der Waals surface area contributed by atoms with E-state index in [4.69, 9.17) is 32.7 Å². The van der Waals surface area contributed by atoms with E-state index in [1.54, 1.807) is 26.4 Å². The zero-order chi connectivity index (χ0) is 26.7. The normalized spacial score (nSPS) is 22.9. The van der Waals surface area contributed by atoms with Gasteiger partial charge in [-0.05, 0) is 67.6 Å². The van der Waals surface area contributed by atoms with E-state index in [0.717, 1.165) is 50.3 Å². The third kappa shape index (κ3) is 5.55. The summed E-state index contributed by atoms with van der Waals surface area (Å²) in [5, 5.41) is 6.49. The lowest BCUT2D eigenvalue weighted by atomic mass is 9.65. The first-order valence-electron chi connectivity index (χ1n) is 12.8. The van der Waals surface area contributed by atoms with Crippen molar-refractivity contribution < 1.29 is 14.3 Å². The van der Waals surface area contributed by atoms with Crippen LogP contribution >= 0.6 is 23.2 Å². The Hall–Kier alpha value is -3.00. The molecule has 2 fully saturated rings. The molecule has 0 radical (unpaired) electrons. The first kappa shape index (κ1) is 26.6. The summed E-state index contributed by atoms with van der Waals surface area (Å²) in [7, 11) is 3.33. The fourth-order valence-electron chi connectivity index (χ4n) is 6.16. The quantitative estimate of drug-likeness (QED) is 0.335. The van der Waals surface area contributed by atoms with Gasteiger partial charge in [-0.3, -0.25) is 4.90 Å². The van der Waals surface area contributed by atoms with Gasteiger partial charge in [-0.15, -0.1) is 0 Å². The summed E-state index contributed by atoms with van der Waals surface area (Å²) < 4.78 is 11.2. The lowest BCUT2D eigenvalue weighted by Crippen LogP contribution is -2.52. The van der Waals surface area contributed by atoms with Crippen LogP contribution < -0.4 is 20.1 Å². The van der Waals surface area contributed by atoms with Gasteiger partial charge in [0.05, 0.1) is 14.2 Å². The molecule has 1 aliphatic carbocycles. The number of aromatic nitrogens is 1. The molecule has 2 aliphatic rings. The minimum absolute atomic E-state index is 0.0254. The van der Waals surface area contributed by atoms with Crippen molar-refractivity contribution in [1.29, 1.82) is 0 Å². The third-order valence-corrected chi connectivity index (χ3v) is 8.30. The van der Waals surface area contributed by atoms with E-state index < -0.39 is 0 Å². The van der Waals surface area contributed by atoms with Gasteiger partial charge in [-0.2, -0.15) is 0 Å². The molecule has 2 N–H and O–H groups in total. The molecule has 1 saturated heterocycles. The molecule has 200 valence electrons. The lowest BCUT2D eigenvalue weighted by Gasteiger charge is -2.45. The van der Waals surface area contributed by atoms with E-state index in [9.17, 15) is 4.79 Å². The summed E-state index contributed by atoms with van der Waals surface area (Å²) in [6.45, 7) is 1.86. The second kappa shape index (κ2) is 11.4. The summed E-state index contributed by atoms with van der Waals surface area (Å²) in [5.41, 5.74) is 3.03. The molecule has 0 bridgehead atoms. The number of amides is 2. The summed E-state index contributed by atoms with van der Waals surface area (Å²) in [6.07, 6.45) is 3.71. The highest BCUT2D eigenvalue weighted by Crippen LogP contribution is 2.50. The second-order valence-electron chi connectivity index (χ2n) is 10.0. The van der Waals surface area contributed by atoms with Crippen LogP contribution in [-0.2, 0) is 12.0 Å². The molecule has 2 heterocycles. The van der Waals surface area contributed by atoms with Gasteiger partial charge in [0.15, 0.2) is 11.5 Å². The number of hydrogen-bond acceptors (Lipinski definition) is 5. The second-order valence-corrected chi connectivity index (χ2v) is 10.8. The zero-order valence-corrected chi connectivity index (χ0v) is 23.1. The van der Waals surface area contributed by atoms with Crippen molar-refractivity contribution in [2.75, 3.05) is 26.1 Å². The van der Waals surface area contributed by atoms with Crippen LogP contribution in [0.25, 0.3) is 0 Å². The predicted octanol–water partition coefficient (Wildman–Crippen LogP) is 6.29. The first-order valence-corrected chi connectivity index (χ1v) is 13.6. The van der Waals surface area contributed by atoms with Gasteiger partial charge in [0.1, 0.15) is 10.3 Å². The third-order valence-electron chi connectivity index (χ3n) is 7.91. The van der Waals surface area contributed by atoms with Gasteiger partial charge in [0.25, 0.3) is 0 Å². The Bertz CT molecular complexity index is 1270. The lowest BCUT2D eigenvalue weighted by molar-refractivity contribution is 0.131. The summed E-state index contributed by atoms with van der Waals surface area (Å²) in [4.78, 5) is 19.4. The van der Waals surface area contributed by atoms with Gasteiger partial charge in [-0.25, -0.2) is 9.78 Å². The number of nitrogens with one attached hydrogen (secondary N) is 2. The molecule has 3 aromatic rings. The molecule has 0 spiro atoms. The number of carbonyl (C=O) groups excluding carboxylic acids is 1. The SMILES string of the molecule is COc1ccc([C@@]23CC[C@H](NC(=O)Nc4cc(Cl)nc(Cl)c4)C[C@@H]2N(Cc2ccccc2)CC3)cc1OC. The Morgan fingerprint density at radius 2 is 1.76 bits per heavy atom. The number of halogens is 2. The Morgan fingerprint density at radius 3 is 2.47 bits per heavy atom. The van der Waals surface area contributed by atoms with E-state index in [1.165, 1.54) is 11.1 Å². The number of hydrogen-bond donors (Lipinski definition) is 2. The molecule has 1 saturated carbocycles. The minimum Gasteiger partial charge on any atom is -0.493 e. The fraction of sp³-hybridized carbons (Fsp3) is 0.379. The van der Waals surface area contributed by atoms with Crippen molar-refractivity contribution in [3.8, 4) is 11.5 Å². The van der Waals surface area contributed by atoms with Gasteiger partial charge in [-0.1, -0.05) is 59.6 Å². The van der Waals surface area contributed by atoms with Crippen LogP contribution in [0.1, 0.15) is 36.8 Å². The highest BCUT2D eigenvalue weighted by atomic mass is 35.5. The smallest absolute Gasteiger partial charge is 0.319 e. The molecule has 38 heavy (non-hydrogen) atoms. The van der Waals surface area contributed by atoms with Crippen molar-refractivity contribution >= 4 is 34.9 Å². The molecule has 5 rings (SSSR count). The van der Waals surface area contributed by atoms with Crippen molar-refractivity contribution in [3.63, 3.8) is 0 Å². The number of fused-ring (bicyclic) bond motifs is 1. The van der Waals surface area contributed by atoms with Crippen LogP contribution in [0.3, 0.4) is 0 Å². The number of nitrogens with zero attached hydrogens (tertiary/aromatic N) is 2. The van der Waals surface area contributed by atoms with Gasteiger partial charge < -0.3 is 20.1 Å². The van der Waals surface area contributed by atoms with Crippen LogP contribution in [0.15, 0.2) is 60.7 Å². The average Bonchev–Trinajstić information content (AvgIpc) is 3.26. The Morgan fingerprint density at radius 1 is 1.03 bits per heavy atom. The number of pyridine rings is 1. The Kier molecular flexibility index (Phi) is 7.98. The number of rotatable bonds is 7. The fourth-order valence-corrected chi connectivity index (χ4v) is 6.62. The molecular weight excluding hydrogens is 523 g/mol. The number of ether oxygens (including phenoxy) is 2. The number of carbonyl (C=O) groups is 1. The van der Waals surface area contributed by atoms with Crippen LogP contribution in [0, 0.1) is 0 Å². The number of anilines is 1. The van der Waals surface area contributed by atoms with Crippen molar-refractivity contribution in [2.45, 2.75) is 49.7 Å². The molecule has 2 aromatic carbocycles. The Labute approximate surface area is 233 Å². The number of methoxy groups -OCH3 is 2. The maximum atomic E-state index is 12.9. The van der Waals surface area contributed by atoms with Crippen LogP contribution in [0.5, 0.6) is 11.5 Å². The molecule has 3 atom stereocenters. The Balaban J connectivity index is 1.38. The molecule has 7 nitrogen and oxygen atoms in total.